The third-order valence-electron chi connectivity index (χ3n) is 2.72. The summed E-state index contributed by atoms with van der Waals surface area (Å²) in [6.45, 7) is 10.3. The molecule has 0 spiro atoms. The number of rotatable bonds is 11. The number of hydrogen-bond acceptors (Lipinski definition) is 3. The number of aliphatic hydroxyl groups excluding tert-OH is 1. The third kappa shape index (κ3) is 16.9. The number of unbranched alkanes of at least 4 members (excludes halogenated alkanes) is 4. The van der Waals surface area contributed by atoms with Crippen LogP contribution in [0.4, 0.5) is 0 Å². The number of aliphatic hydroxyl groups is 1. The second-order valence-electron chi connectivity index (χ2n) is 4.52. The van der Waals surface area contributed by atoms with Crippen molar-refractivity contribution >= 4 is 0 Å². The number of nitrogens with zero attached hydrogens (tertiary/aromatic N) is 2. The minimum atomic E-state index is -0.383. The van der Waals surface area contributed by atoms with Gasteiger partial charge < -0.3 is 15.4 Å². The minimum Gasteiger partial charge on any atom is -0.534 e. The van der Waals surface area contributed by atoms with Gasteiger partial charge in [0.2, 0.25) is 0 Å². The van der Waals surface area contributed by atoms with Gasteiger partial charge in [-0.15, -0.1) is 6.54 Å². The molecule has 5 heteroatoms. The van der Waals surface area contributed by atoms with Crippen LogP contribution in [0.2, 0.25) is 0 Å². The smallest absolute Gasteiger partial charge is 0.0882 e. The molecule has 0 aromatic heterocycles. The van der Waals surface area contributed by atoms with Gasteiger partial charge in [-0.3, -0.25) is 4.90 Å². The van der Waals surface area contributed by atoms with E-state index in [1.165, 1.54) is 25.7 Å². The van der Waals surface area contributed by atoms with E-state index >= 15 is 0 Å². The van der Waals surface area contributed by atoms with Crippen LogP contribution in [-0.4, -0.2) is 48.9 Å². The molecule has 1 rings (SSSR count). The Balaban J connectivity index is 0. The Morgan fingerprint density at radius 3 is 2.37 bits per heavy atom. The average molecular weight is 348 g/mol. The molecule has 0 aromatic rings. The summed E-state index contributed by atoms with van der Waals surface area (Å²) >= 11 is 0. The van der Waals surface area contributed by atoms with Crippen molar-refractivity contribution in [2.75, 3.05) is 32.8 Å². The zero-order chi connectivity index (χ0) is 13.6. The number of β-amino-alcohol motifs (C(OH)–C–C–N with tert-alkyl or cyclic N) is 1. The van der Waals surface area contributed by atoms with E-state index in [1.807, 2.05) is 13.8 Å². The van der Waals surface area contributed by atoms with Crippen LogP contribution < -0.4 is 0 Å². The molecule has 113 valence electrons. The molecule has 1 atom stereocenters. The Labute approximate surface area is 144 Å². The zero-order valence-corrected chi connectivity index (χ0v) is 15.8. The van der Waals surface area contributed by atoms with Crippen molar-refractivity contribution in [2.24, 2.45) is 0 Å². The monoisotopic (exact) mass is 348 g/mol. The summed E-state index contributed by atoms with van der Waals surface area (Å²) in [5.74, 6) is 0. The third-order valence-corrected chi connectivity index (χ3v) is 2.72. The first-order valence-electron chi connectivity index (χ1n) is 7.52. The van der Waals surface area contributed by atoms with Crippen LogP contribution in [0.25, 0.3) is 5.48 Å². The van der Waals surface area contributed by atoms with Crippen LogP contribution in [-0.2, 0) is 37.5 Å². The van der Waals surface area contributed by atoms with Gasteiger partial charge in [-0.2, -0.15) is 0 Å². The van der Waals surface area contributed by atoms with Gasteiger partial charge in [0.1, 0.15) is 0 Å². The maximum absolute atomic E-state index is 9.51. The minimum absolute atomic E-state index is 0. The Morgan fingerprint density at radius 1 is 1.16 bits per heavy atom. The van der Waals surface area contributed by atoms with E-state index < -0.39 is 0 Å². The van der Waals surface area contributed by atoms with Gasteiger partial charge in [0.25, 0.3) is 0 Å². The van der Waals surface area contributed by atoms with Crippen LogP contribution in [0.15, 0.2) is 0 Å². The number of hydrogen-bond donors (Lipinski definition) is 1. The molecule has 0 bridgehead atoms. The quantitative estimate of drug-likeness (QED) is 0.355. The molecule has 0 amide bonds. The zero-order valence-electron chi connectivity index (χ0n) is 13.0. The molecule has 1 N–H and O–H groups in total. The van der Waals surface area contributed by atoms with Gasteiger partial charge in [-0.1, -0.05) is 52.9 Å². The predicted octanol–water partition coefficient (Wildman–Crippen LogP) is 2.96. The van der Waals surface area contributed by atoms with Gasteiger partial charge in [-0.25, -0.2) is 0 Å². The van der Waals surface area contributed by atoms with Gasteiger partial charge in [-0.05, 0) is 0 Å². The van der Waals surface area contributed by atoms with Crippen LogP contribution in [0.1, 0.15) is 52.9 Å². The van der Waals surface area contributed by atoms with Crippen LogP contribution >= 0.6 is 0 Å². The largest absolute Gasteiger partial charge is 0.534 e. The topological polar surface area (TPSA) is 46.6 Å². The standard InChI is InChI=1S/C12H25N2O2.C2H6.Y/c1-2-3-4-5-6-7-13-16-11-12(15)10-14-8-9-14;1-2;/h12,15H,2-11H2,1H3;1-2H3;/q-1;;. The Kier molecular flexibility index (Phi) is 19.9. The van der Waals surface area contributed by atoms with Crippen molar-refractivity contribution < 1.29 is 42.7 Å². The molecule has 1 aliphatic heterocycles. The fourth-order valence-electron chi connectivity index (χ4n) is 1.59. The van der Waals surface area contributed by atoms with Crippen molar-refractivity contribution in [3.8, 4) is 0 Å². The molecule has 1 heterocycles. The summed E-state index contributed by atoms with van der Waals surface area (Å²) in [6, 6.07) is 0. The molecule has 0 aliphatic carbocycles. The molecule has 1 saturated heterocycles. The Hall–Kier alpha value is 0.944. The first kappa shape index (κ1) is 22.2. The second-order valence-corrected chi connectivity index (χ2v) is 4.52. The van der Waals surface area contributed by atoms with Crippen LogP contribution in [0.3, 0.4) is 0 Å². The predicted molar refractivity (Wildman–Crippen MR) is 76.7 cm³/mol. The van der Waals surface area contributed by atoms with E-state index in [1.54, 1.807) is 0 Å². The second kappa shape index (κ2) is 17.0. The van der Waals surface area contributed by atoms with Crippen molar-refractivity contribution in [1.29, 1.82) is 0 Å². The normalized spacial score (nSPS) is 15.2. The molecule has 4 nitrogen and oxygen atoms in total. The molecular formula is C14H31N2O2Y-. The molecule has 1 radical (unpaired) electrons. The van der Waals surface area contributed by atoms with E-state index in [-0.39, 0.29) is 38.8 Å². The SMILES string of the molecule is CC.CCCCCCC[N-]OCC(O)CN1CC1.[Y]. The van der Waals surface area contributed by atoms with Crippen molar-refractivity contribution in [3.63, 3.8) is 0 Å². The molecule has 1 fully saturated rings. The molecule has 0 aromatic carbocycles. The van der Waals surface area contributed by atoms with E-state index in [4.69, 9.17) is 4.84 Å². The van der Waals surface area contributed by atoms with Gasteiger partial charge in [0, 0.05) is 52.3 Å². The Morgan fingerprint density at radius 2 is 1.79 bits per heavy atom. The average Bonchev–Trinajstić information content (AvgIpc) is 3.19. The fourth-order valence-corrected chi connectivity index (χ4v) is 1.59. The van der Waals surface area contributed by atoms with E-state index in [0.29, 0.717) is 6.61 Å². The van der Waals surface area contributed by atoms with E-state index in [0.717, 1.165) is 32.6 Å². The molecule has 19 heavy (non-hydrogen) atoms. The summed E-state index contributed by atoms with van der Waals surface area (Å²) in [5.41, 5.74) is 3.96. The molecule has 1 unspecified atom stereocenters. The van der Waals surface area contributed by atoms with Crippen LogP contribution in [0, 0.1) is 0 Å². The first-order chi connectivity index (χ1) is 8.83. The summed E-state index contributed by atoms with van der Waals surface area (Å²) in [7, 11) is 0. The maximum atomic E-state index is 9.51. The van der Waals surface area contributed by atoms with E-state index in [9.17, 15) is 5.11 Å². The molecule has 0 saturated carbocycles. The van der Waals surface area contributed by atoms with Crippen molar-refractivity contribution in [3.05, 3.63) is 5.48 Å². The summed E-state index contributed by atoms with van der Waals surface area (Å²) in [4.78, 5) is 7.26. The summed E-state index contributed by atoms with van der Waals surface area (Å²) in [6.07, 6.45) is 5.83. The summed E-state index contributed by atoms with van der Waals surface area (Å²) < 4.78 is 0. The first-order valence-corrected chi connectivity index (χ1v) is 7.52. The molecule has 1 aliphatic rings. The molecular weight excluding hydrogens is 317 g/mol. The number of hydroxylamine groups is 1. The van der Waals surface area contributed by atoms with Gasteiger partial charge >= 0.3 is 0 Å². The van der Waals surface area contributed by atoms with Crippen molar-refractivity contribution in [1.82, 2.24) is 4.90 Å². The fraction of sp³-hybridized carbons (Fsp3) is 1.00. The Bertz CT molecular complexity index is 170. The van der Waals surface area contributed by atoms with Crippen LogP contribution in [0.5, 0.6) is 0 Å². The van der Waals surface area contributed by atoms with Crippen molar-refractivity contribution in [2.45, 2.75) is 59.0 Å². The summed E-state index contributed by atoms with van der Waals surface area (Å²) in [5, 5.41) is 9.51. The van der Waals surface area contributed by atoms with Gasteiger partial charge in [0.05, 0.1) is 12.7 Å². The van der Waals surface area contributed by atoms with E-state index in [2.05, 4.69) is 17.3 Å². The van der Waals surface area contributed by atoms with Gasteiger partial charge in [0.15, 0.2) is 0 Å². The maximum Gasteiger partial charge on any atom is 0.0882 e.